The fraction of sp³-hybridized carbons (Fsp3) is 0.375. The molecular formula is C24H23ClN4O3. The van der Waals surface area contributed by atoms with Crippen molar-refractivity contribution in [1.29, 1.82) is 0 Å². The summed E-state index contributed by atoms with van der Waals surface area (Å²) < 4.78 is 14.0. The van der Waals surface area contributed by atoms with Gasteiger partial charge in [-0.1, -0.05) is 23.7 Å². The Morgan fingerprint density at radius 1 is 1.25 bits per heavy atom. The van der Waals surface area contributed by atoms with Crippen LogP contribution in [0.25, 0.3) is 16.9 Å². The van der Waals surface area contributed by atoms with E-state index in [9.17, 15) is 5.11 Å². The topological polar surface area (TPSA) is 85.7 Å². The van der Waals surface area contributed by atoms with E-state index in [0.29, 0.717) is 29.2 Å². The van der Waals surface area contributed by atoms with Crippen LogP contribution in [0.1, 0.15) is 66.7 Å². The van der Waals surface area contributed by atoms with Crippen molar-refractivity contribution >= 4 is 17.2 Å². The predicted molar refractivity (Wildman–Crippen MR) is 119 cm³/mol. The Kier molecular flexibility index (Phi) is 4.69. The molecule has 7 nitrogen and oxygen atoms in total. The minimum absolute atomic E-state index is 0.219. The zero-order chi connectivity index (χ0) is 21.8. The molecule has 1 N–H and O–H groups in total. The first kappa shape index (κ1) is 19.8. The highest BCUT2D eigenvalue weighted by atomic mass is 35.5. The fourth-order valence-electron chi connectivity index (χ4n) is 4.82. The summed E-state index contributed by atoms with van der Waals surface area (Å²) in [7, 11) is 0. The van der Waals surface area contributed by atoms with Crippen LogP contribution in [-0.4, -0.2) is 24.9 Å². The standard InChI is InChI=1S/C24H23ClN4O3/c1-2-20(30)18-12-22-26-8-7-19(29(22)27-18)16-11-14(25)9-13-10-21(31-23(13)16)24-15-5-3-4-6-17(15)28-32-24/h7-9,11-12,20-21,30H,2-6,10H2,1H3. The van der Waals surface area contributed by atoms with Crippen LogP contribution in [0.5, 0.6) is 5.75 Å². The maximum Gasteiger partial charge on any atom is 0.181 e. The number of nitrogens with zero attached hydrogens (tertiary/aromatic N) is 4. The van der Waals surface area contributed by atoms with Gasteiger partial charge in [-0.3, -0.25) is 0 Å². The SMILES string of the molecule is CCC(O)c1cc2nccc(-c3cc(Cl)cc4c3OC(c3onc5c3CCCC5)C4)n2n1. The molecule has 0 radical (unpaired) electrons. The summed E-state index contributed by atoms with van der Waals surface area (Å²) >= 11 is 6.52. The van der Waals surface area contributed by atoms with E-state index in [-0.39, 0.29) is 6.10 Å². The monoisotopic (exact) mass is 450 g/mol. The normalized spacial score (nSPS) is 18.4. The van der Waals surface area contributed by atoms with E-state index in [1.54, 1.807) is 10.7 Å². The van der Waals surface area contributed by atoms with Gasteiger partial charge in [0.05, 0.1) is 23.2 Å². The average Bonchev–Trinajstić information content (AvgIpc) is 3.53. The Bertz CT molecular complexity index is 1330. The number of aliphatic hydroxyl groups is 1. The van der Waals surface area contributed by atoms with Crippen molar-refractivity contribution in [3.63, 3.8) is 0 Å². The molecule has 3 aromatic heterocycles. The molecule has 2 aliphatic rings. The summed E-state index contributed by atoms with van der Waals surface area (Å²) in [5, 5.41) is 19.8. The Labute approximate surface area is 190 Å². The van der Waals surface area contributed by atoms with Crippen LogP contribution in [-0.2, 0) is 19.3 Å². The maximum atomic E-state index is 10.3. The van der Waals surface area contributed by atoms with Gasteiger partial charge in [0, 0.05) is 40.4 Å². The third-order valence-electron chi connectivity index (χ3n) is 6.46. The Morgan fingerprint density at radius 2 is 2.12 bits per heavy atom. The number of hydrogen-bond donors (Lipinski definition) is 1. The molecule has 6 rings (SSSR count). The van der Waals surface area contributed by atoms with Gasteiger partial charge in [-0.15, -0.1) is 0 Å². The second-order valence-electron chi connectivity index (χ2n) is 8.52. The number of fused-ring (bicyclic) bond motifs is 3. The van der Waals surface area contributed by atoms with E-state index in [1.165, 1.54) is 5.56 Å². The highest BCUT2D eigenvalue weighted by molar-refractivity contribution is 6.31. The number of hydrogen-bond acceptors (Lipinski definition) is 6. The Balaban J connectivity index is 1.44. The molecule has 32 heavy (non-hydrogen) atoms. The zero-order valence-electron chi connectivity index (χ0n) is 17.7. The van der Waals surface area contributed by atoms with E-state index < -0.39 is 6.10 Å². The first-order valence-corrected chi connectivity index (χ1v) is 11.5. The van der Waals surface area contributed by atoms with Crippen LogP contribution in [0, 0.1) is 0 Å². The minimum Gasteiger partial charge on any atom is -0.481 e. The lowest BCUT2D eigenvalue weighted by atomic mass is 9.94. The van der Waals surface area contributed by atoms with Crippen molar-refractivity contribution in [3.8, 4) is 17.0 Å². The molecule has 0 amide bonds. The number of aliphatic hydroxyl groups excluding tert-OH is 1. The van der Waals surface area contributed by atoms with Crippen molar-refractivity contribution in [2.24, 2.45) is 0 Å². The number of halogens is 1. The summed E-state index contributed by atoms with van der Waals surface area (Å²) in [6.07, 6.45) is 6.40. The van der Waals surface area contributed by atoms with Gasteiger partial charge in [-0.2, -0.15) is 5.10 Å². The highest BCUT2D eigenvalue weighted by Crippen LogP contribution is 2.46. The molecule has 0 fully saturated rings. The maximum absolute atomic E-state index is 10.3. The molecule has 2 atom stereocenters. The number of ether oxygens (including phenoxy) is 1. The lowest BCUT2D eigenvalue weighted by Crippen LogP contribution is -2.08. The van der Waals surface area contributed by atoms with Crippen LogP contribution in [0.2, 0.25) is 5.02 Å². The van der Waals surface area contributed by atoms with Gasteiger partial charge in [0.15, 0.2) is 17.5 Å². The molecule has 1 aliphatic heterocycles. The first-order valence-electron chi connectivity index (χ1n) is 11.1. The number of aryl methyl sites for hydroxylation is 1. The van der Waals surface area contributed by atoms with Crippen molar-refractivity contribution < 1.29 is 14.4 Å². The molecule has 4 aromatic rings. The first-order chi connectivity index (χ1) is 15.6. The molecule has 0 saturated carbocycles. The lowest BCUT2D eigenvalue weighted by Gasteiger charge is -2.14. The molecule has 164 valence electrons. The second-order valence-corrected chi connectivity index (χ2v) is 8.96. The smallest absolute Gasteiger partial charge is 0.181 e. The van der Waals surface area contributed by atoms with Crippen molar-refractivity contribution in [3.05, 3.63) is 63.8 Å². The van der Waals surface area contributed by atoms with E-state index >= 15 is 0 Å². The molecule has 1 aliphatic carbocycles. The summed E-state index contributed by atoms with van der Waals surface area (Å²) in [4.78, 5) is 4.42. The minimum atomic E-state index is -0.632. The van der Waals surface area contributed by atoms with Crippen molar-refractivity contribution in [2.75, 3.05) is 0 Å². The Hall–Kier alpha value is -2.90. The number of benzene rings is 1. The molecule has 8 heteroatoms. The second kappa shape index (κ2) is 7.60. The molecule has 0 saturated heterocycles. The van der Waals surface area contributed by atoms with E-state index in [4.69, 9.17) is 20.9 Å². The molecular weight excluding hydrogens is 428 g/mol. The predicted octanol–water partition coefficient (Wildman–Crippen LogP) is 5.04. The molecule has 4 heterocycles. The zero-order valence-corrected chi connectivity index (χ0v) is 18.5. The summed E-state index contributed by atoms with van der Waals surface area (Å²) in [6, 6.07) is 7.55. The lowest BCUT2D eigenvalue weighted by molar-refractivity contribution is 0.168. The van der Waals surface area contributed by atoms with Gasteiger partial charge < -0.3 is 14.4 Å². The van der Waals surface area contributed by atoms with Gasteiger partial charge in [-0.25, -0.2) is 9.50 Å². The summed E-state index contributed by atoms with van der Waals surface area (Å²) in [5.74, 6) is 1.62. The van der Waals surface area contributed by atoms with Gasteiger partial charge in [0.2, 0.25) is 0 Å². The highest BCUT2D eigenvalue weighted by Gasteiger charge is 2.34. The van der Waals surface area contributed by atoms with Crippen LogP contribution < -0.4 is 4.74 Å². The largest absolute Gasteiger partial charge is 0.481 e. The Morgan fingerprint density at radius 3 is 3.00 bits per heavy atom. The summed E-state index contributed by atoms with van der Waals surface area (Å²) in [5.41, 5.74) is 6.22. The quantitative estimate of drug-likeness (QED) is 0.469. The van der Waals surface area contributed by atoms with Crippen molar-refractivity contribution in [1.82, 2.24) is 19.8 Å². The van der Waals surface area contributed by atoms with Gasteiger partial charge >= 0.3 is 0 Å². The average molecular weight is 451 g/mol. The summed E-state index contributed by atoms with van der Waals surface area (Å²) in [6.45, 7) is 1.92. The van der Waals surface area contributed by atoms with Gasteiger partial charge in [0.25, 0.3) is 0 Å². The molecule has 0 spiro atoms. The number of rotatable bonds is 4. The number of aromatic nitrogens is 4. The fourth-order valence-corrected chi connectivity index (χ4v) is 5.06. The third kappa shape index (κ3) is 3.11. The van der Waals surface area contributed by atoms with Gasteiger partial charge in [-0.05, 0) is 50.3 Å². The molecule has 0 bridgehead atoms. The third-order valence-corrected chi connectivity index (χ3v) is 6.68. The van der Waals surface area contributed by atoms with Crippen molar-refractivity contribution in [2.45, 2.75) is 57.7 Å². The van der Waals surface area contributed by atoms with E-state index in [2.05, 4.69) is 15.2 Å². The molecule has 2 unspecified atom stereocenters. The van der Waals surface area contributed by atoms with Gasteiger partial charge in [0.1, 0.15) is 5.75 Å². The van der Waals surface area contributed by atoms with Crippen LogP contribution in [0.4, 0.5) is 0 Å². The molecule has 1 aromatic carbocycles. The van der Waals surface area contributed by atoms with Crippen LogP contribution in [0.3, 0.4) is 0 Å². The van der Waals surface area contributed by atoms with E-state index in [1.807, 2.05) is 31.2 Å². The van der Waals surface area contributed by atoms with Crippen LogP contribution in [0.15, 0.2) is 35.0 Å². The van der Waals surface area contributed by atoms with Crippen LogP contribution >= 0.6 is 11.6 Å². The van der Waals surface area contributed by atoms with E-state index in [0.717, 1.165) is 59.7 Å².